The van der Waals surface area contributed by atoms with E-state index >= 15 is 0 Å². The predicted octanol–water partition coefficient (Wildman–Crippen LogP) is 2.33. The summed E-state index contributed by atoms with van der Waals surface area (Å²) < 4.78 is 27.6. The Morgan fingerprint density at radius 2 is 2.00 bits per heavy atom. The highest BCUT2D eigenvalue weighted by molar-refractivity contribution is 9.10. The molecular formula is C13H14BrN3O2S. The Bertz CT molecular complexity index is 732. The molecule has 0 fully saturated rings. The SMILES string of the molecule is Cc1ccc(S(=O)(=O)NCc2ccnc(C)n2)c(Br)c1. The van der Waals surface area contributed by atoms with Crippen LogP contribution >= 0.6 is 15.9 Å². The van der Waals surface area contributed by atoms with Crippen molar-refractivity contribution in [1.29, 1.82) is 0 Å². The van der Waals surface area contributed by atoms with Crippen LogP contribution in [0.15, 0.2) is 39.8 Å². The molecule has 0 unspecified atom stereocenters. The number of nitrogens with one attached hydrogen (secondary N) is 1. The monoisotopic (exact) mass is 355 g/mol. The molecule has 0 aliphatic heterocycles. The van der Waals surface area contributed by atoms with E-state index in [9.17, 15) is 8.42 Å². The van der Waals surface area contributed by atoms with Crippen molar-refractivity contribution in [2.75, 3.05) is 0 Å². The van der Waals surface area contributed by atoms with Crippen LogP contribution in [0.25, 0.3) is 0 Å². The summed E-state index contributed by atoms with van der Waals surface area (Å²) in [5, 5.41) is 0. The molecule has 1 N–H and O–H groups in total. The molecule has 2 aromatic rings. The molecule has 0 saturated heterocycles. The summed E-state index contributed by atoms with van der Waals surface area (Å²) in [6, 6.07) is 6.78. The summed E-state index contributed by atoms with van der Waals surface area (Å²) in [5.74, 6) is 0.609. The maximum absolute atomic E-state index is 12.2. The largest absolute Gasteiger partial charge is 0.242 e. The Morgan fingerprint density at radius 3 is 2.65 bits per heavy atom. The zero-order valence-corrected chi connectivity index (χ0v) is 13.5. The van der Waals surface area contributed by atoms with Crippen LogP contribution in [0, 0.1) is 13.8 Å². The number of rotatable bonds is 4. The van der Waals surface area contributed by atoms with Gasteiger partial charge in [0.05, 0.1) is 17.1 Å². The van der Waals surface area contributed by atoms with E-state index in [1.54, 1.807) is 37.4 Å². The summed E-state index contributed by atoms with van der Waals surface area (Å²) >= 11 is 3.28. The molecular weight excluding hydrogens is 342 g/mol. The number of hydrogen-bond acceptors (Lipinski definition) is 4. The molecule has 0 saturated carbocycles. The van der Waals surface area contributed by atoms with Crippen molar-refractivity contribution in [3.63, 3.8) is 0 Å². The van der Waals surface area contributed by atoms with Crippen molar-refractivity contribution in [2.45, 2.75) is 25.3 Å². The minimum absolute atomic E-state index is 0.131. The van der Waals surface area contributed by atoms with Gasteiger partial charge in [-0.3, -0.25) is 0 Å². The van der Waals surface area contributed by atoms with Crippen LogP contribution in [0.1, 0.15) is 17.1 Å². The summed E-state index contributed by atoms with van der Waals surface area (Å²) in [7, 11) is -3.58. The van der Waals surface area contributed by atoms with Gasteiger partial charge >= 0.3 is 0 Å². The summed E-state index contributed by atoms with van der Waals surface area (Å²) in [6.45, 7) is 3.79. The van der Waals surface area contributed by atoms with Gasteiger partial charge in [-0.2, -0.15) is 0 Å². The molecule has 20 heavy (non-hydrogen) atoms. The molecule has 7 heteroatoms. The lowest BCUT2D eigenvalue weighted by atomic mass is 10.2. The maximum Gasteiger partial charge on any atom is 0.242 e. The number of benzene rings is 1. The minimum atomic E-state index is -3.58. The second kappa shape index (κ2) is 5.99. The van der Waals surface area contributed by atoms with Crippen molar-refractivity contribution >= 4 is 26.0 Å². The summed E-state index contributed by atoms with van der Waals surface area (Å²) in [4.78, 5) is 8.34. The van der Waals surface area contributed by atoms with Crippen molar-refractivity contribution in [1.82, 2.24) is 14.7 Å². The van der Waals surface area contributed by atoms with Crippen LogP contribution in [-0.4, -0.2) is 18.4 Å². The highest BCUT2D eigenvalue weighted by Crippen LogP contribution is 2.22. The molecule has 0 spiro atoms. The third kappa shape index (κ3) is 3.62. The van der Waals surface area contributed by atoms with E-state index < -0.39 is 10.0 Å². The minimum Gasteiger partial charge on any atom is -0.242 e. The zero-order valence-electron chi connectivity index (χ0n) is 11.1. The Morgan fingerprint density at radius 1 is 1.25 bits per heavy atom. The number of halogens is 1. The lowest BCUT2D eigenvalue weighted by molar-refractivity contribution is 0.579. The van der Waals surface area contributed by atoms with Gasteiger partial charge in [-0.25, -0.2) is 23.1 Å². The summed E-state index contributed by atoms with van der Waals surface area (Å²) in [5.41, 5.74) is 1.62. The number of nitrogens with zero attached hydrogens (tertiary/aromatic N) is 2. The standard InChI is InChI=1S/C13H14BrN3O2S/c1-9-3-4-13(12(14)7-9)20(18,19)16-8-11-5-6-15-10(2)17-11/h3-7,16H,8H2,1-2H3. The highest BCUT2D eigenvalue weighted by Gasteiger charge is 2.17. The van der Waals surface area contributed by atoms with Gasteiger partial charge in [0, 0.05) is 10.7 Å². The molecule has 2 rings (SSSR count). The van der Waals surface area contributed by atoms with Gasteiger partial charge in [0.25, 0.3) is 0 Å². The Labute approximate surface area is 126 Å². The van der Waals surface area contributed by atoms with E-state index in [-0.39, 0.29) is 11.4 Å². The van der Waals surface area contributed by atoms with Gasteiger partial charge in [0.1, 0.15) is 5.82 Å². The van der Waals surface area contributed by atoms with E-state index in [1.165, 1.54) is 0 Å². The van der Waals surface area contributed by atoms with Crippen LogP contribution in [0.3, 0.4) is 0 Å². The third-order valence-corrected chi connectivity index (χ3v) is 5.03. The normalized spacial score (nSPS) is 11.6. The smallest absolute Gasteiger partial charge is 0.242 e. The van der Waals surface area contributed by atoms with Gasteiger partial charge < -0.3 is 0 Å². The summed E-state index contributed by atoms with van der Waals surface area (Å²) in [6.07, 6.45) is 1.60. The topological polar surface area (TPSA) is 72.0 Å². The first-order valence-corrected chi connectivity index (χ1v) is 8.20. The molecule has 1 aromatic heterocycles. The molecule has 0 aliphatic carbocycles. The number of aryl methyl sites for hydroxylation is 2. The van der Waals surface area contributed by atoms with E-state index in [4.69, 9.17) is 0 Å². The molecule has 0 atom stereocenters. The van der Waals surface area contributed by atoms with Crippen LogP contribution < -0.4 is 4.72 Å². The predicted molar refractivity (Wildman–Crippen MR) is 79.7 cm³/mol. The fraction of sp³-hybridized carbons (Fsp3) is 0.231. The van der Waals surface area contributed by atoms with Crippen molar-refractivity contribution < 1.29 is 8.42 Å². The van der Waals surface area contributed by atoms with Crippen LogP contribution in [-0.2, 0) is 16.6 Å². The molecule has 106 valence electrons. The Hall–Kier alpha value is -1.31. The third-order valence-electron chi connectivity index (χ3n) is 2.65. The highest BCUT2D eigenvalue weighted by atomic mass is 79.9. The van der Waals surface area contributed by atoms with Gasteiger partial charge in [-0.05, 0) is 53.5 Å². The molecule has 0 radical (unpaired) electrons. The fourth-order valence-electron chi connectivity index (χ4n) is 1.67. The molecule has 0 bridgehead atoms. The van der Waals surface area contributed by atoms with Crippen LogP contribution in [0.5, 0.6) is 0 Å². The lowest BCUT2D eigenvalue weighted by Gasteiger charge is -2.09. The lowest BCUT2D eigenvalue weighted by Crippen LogP contribution is -2.24. The first-order chi connectivity index (χ1) is 9.38. The number of aromatic nitrogens is 2. The average molecular weight is 356 g/mol. The molecule has 0 aliphatic rings. The molecule has 5 nitrogen and oxygen atoms in total. The van der Waals surface area contributed by atoms with E-state index in [0.29, 0.717) is 16.0 Å². The average Bonchev–Trinajstić information content (AvgIpc) is 2.36. The fourth-order valence-corrected chi connectivity index (χ4v) is 3.86. The van der Waals surface area contributed by atoms with Crippen LogP contribution in [0.2, 0.25) is 0 Å². The Kier molecular flexibility index (Phi) is 4.52. The second-order valence-corrected chi connectivity index (χ2v) is 6.94. The van der Waals surface area contributed by atoms with E-state index in [0.717, 1.165) is 5.56 Å². The van der Waals surface area contributed by atoms with Crippen LogP contribution in [0.4, 0.5) is 0 Å². The quantitative estimate of drug-likeness (QED) is 0.913. The van der Waals surface area contributed by atoms with E-state index in [1.807, 2.05) is 6.92 Å². The first kappa shape index (κ1) is 15.1. The Balaban J connectivity index is 2.19. The van der Waals surface area contributed by atoms with Crippen molar-refractivity contribution in [3.8, 4) is 0 Å². The number of hydrogen-bond donors (Lipinski definition) is 1. The van der Waals surface area contributed by atoms with Gasteiger partial charge in [-0.15, -0.1) is 0 Å². The van der Waals surface area contributed by atoms with Crippen molar-refractivity contribution in [2.24, 2.45) is 0 Å². The maximum atomic E-state index is 12.2. The molecule has 1 heterocycles. The molecule has 1 aromatic carbocycles. The number of sulfonamides is 1. The van der Waals surface area contributed by atoms with Gasteiger partial charge in [0.2, 0.25) is 10.0 Å². The zero-order chi connectivity index (χ0) is 14.8. The van der Waals surface area contributed by atoms with E-state index in [2.05, 4.69) is 30.6 Å². The second-order valence-electron chi connectivity index (χ2n) is 4.35. The van der Waals surface area contributed by atoms with Gasteiger partial charge in [-0.1, -0.05) is 6.07 Å². The van der Waals surface area contributed by atoms with Gasteiger partial charge in [0.15, 0.2) is 0 Å². The molecule has 0 amide bonds. The first-order valence-electron chi connectivity index (χ1n) is 5.93. The van der Waals surface area contributed by atoms with Crippen molar-refractivity contribution in [3.05, 3.63) is 52.0 Å².